The lowest BCUT2D eigenvalue weighted by Crippen LogP contribution is -2.46. The lowest BCUT2D eigenvalue weighted by Gasteiger charge is -2.35. The molecule has 6 heteroatoms. The zero-order chi connectivity index (χ0) is 16.4. The van der Waals surface area contributed by atoms with Crippen LogP contribution in [0.4, 0.5) is 0 Å². The predicted molar refractivity (Wildman–Crippen MR) is 84.2 cm³/mol. The number of fused-ring (bicyclic) bond motifs is 1. The second-order valence-electron chi connectivity index (χ2n) is 6.98. The second-order valence-corrected chi connectivity index (χ2v) is 6.98. The average molecular weight is 322 g/mol. The van der Waals surface area contributed by atoms with Gasteiger partial charge in [0.1, 0.15) is 5.76 Å². The summed E-state index contributed by atoms with van der Waals surface area (Å²) in [5, 5.41) is 3.84. The van der Waals surface area contributed by atoms with Crippen molar-refractivity contribution < 1.29 is 18.8 Å². The van der Waals surface area contributed by atoms with Crippen molar-refractivity contribution in [2.75, 3.05) is 19.8 Å². The zero-order valence-corrected chi connectivity index (χ0v) is 14.2. The van der Waals surface area contributed by atoms with Crippen LogP contribution in [0.2, 0.25) is 0 Å². The van der Waals surface area contributed by atoms with Gasteiger partial charge in [0.05, 0.1) is 24.9 Å². The number of ether oxygens (including phenoxy) is 2. The van der Waals surface area contributed by atoms with Crippen molar-refractivity contribution >= 4 is 5.91 Å². The van der Waals surface area contributed by atoms with Gasteiger partial charge in [-0.15, -0.1) is 0 Å². The van der Waals surface area contributed by atoms with Gasteiger partial charge in [0.15, 0.2) is 5.69 Å². The summed E-state index contributed by atoms with van der Waals surface area (Å²) in [5.74, 6) is 1.15. The Morgan fingerprint density at radius 2 is 2.26 bits per heavy atom. The third-order valence-corrected chi connectivity index (χ3v) is 4.50. The number of hydrogen-bond acceptors (Lipinski definition) is 5. The van der Waals surface area contributed by atoms with Gasteiger partial charge in [0, 0.05) is 19.2 Å². The molecule has 128 valence electrons. The first kappa shape index (κ1) is 16.5. The fourth-order valence-corrected chi connectivity index (χ4v) is 3.42. The molecule has 2 fully saturated rings. The highest BCUT2D eigenvalue weighted by Crippen LogP contribution is 2.32. The van der Waals surface area contributed by atoms with Gasteiger partial charge in [-0.2, -0.15) is 0 Å². The minimum atomic E-state index is -0.0487. The molecule has 1 aromatic rings. The van der Waals surface area contributed by atoms with Gasteiger partial charge in [-0.1, -0.05) is 19.0 Å². The number of carbonyl (C=O) groups is 1. The molecule has 0 aromatic carbocycles. The molecule has 0 bridgehead atoms. The highest BCUT2D eigenvalue weighted by atomic mass is 16.5. The number of aryl methyl sites for hydroxylation is 1. The molecule has 1 aromatic heterocycles. The normalized spacial score (nSPS) is 27.5. The molecule has 2 aliphatic rings. The molecular formula is C17H26N2O4. The number of carbonyl (C=O) groups excluding carboxylic acids is 1. The average Bonchev–Trinajstić information content (AvgIpc) is 3.12. The van der Waals surface area contributed by atoms with E-state index in [4.69, 9.17) is 14.0 Å². The fourth-order valence-electron chi connectivity index (χ4n) is 3.42. The molecule has 0 spiro atoms. The molecule has 0 N–H and O–H groups in total. The highest BCUT2D eigenvalue weighted by molar-refractivity contribution is 5.92. The Bertz CT molecular complexity index is 542. The van der Waals surface area contributed by atoms with E-state index in [-0.39, 0.29) is 24.2 Å². The molecule has 1 amide bonds. The van der Waals surface area contributed by atoms with Crippen LogP contribution in [-0.4, -0.2) is 54.0 Å². The Morgan fingerprint density at radius 3 is 2.96 bits per heavy atom. The van der Waals surface area contributed by atoms with Crippen LogP contribution in [0, 0.1) is 12.8 Å². The summed E-state index contributed by atoms with van der Waals surface area (Å²) in [6, 6.07) is 1.85. The molecule has 3 rings (SSSR count). The van der Waals surface area contributed by atoms with Gasteiger partial charge in [0.25, 0.3) is 5.91 Å². The number of rotatable bonds is 5. The van der Waals surface area contributed by atoms with Crippen LogP contribution in [0.15, 0.2) is 10.6 Å². The van der Waals surface area contributed by atoms with E-state index >= 15 is 0 Å². The molecule has 6 nitrogen and oxygen atoms in total. The number of aromatic nitrogens is 1. The van der Waals surface area contributed by atoms with Crippen LogP contribution in [-0.2, 0) is 9.47 Å². The van der Waals surface area contributed by atoms with E-state index in [1.165, 1.54) is 0 Å². The van der Waals surface area contributed by atoms with Crippen LogP contribution in [0.25, 0.3) is 0 Å². The first-order valence-electron chi connectivity index (χ1n) is 8.52. The van der Waals surface area contributed by atoms with Gasteiger partial charge in [-0.3, -0.25) is 4.79 Å². The van der Waals surface area contributed by atoms with Crippen molar-refractivity contribution in [3.8, 4) is 0 Å². The summed E-state index contributed by atoms with van der Waals surface area (Å²) < 4.78 is 16.9. The van der Waals surface area contributed by atoms with Gasteiger partial charge in [-0.05, 0) is 32.1 Å². The molecule has 0 saturated carbocycles. The third-order valence-electron chi connectivity index (χ3n) is 4.50. The third kappa shape index (κ3) is 3.75. The Morgan fingerprint density at radius 1 is 1.43 bits per heavy atom. The summed E-state index contributed by atoms with van der Waals surface area (Å²) in [6.07, 6.45) is 3.05. The minimum Gasteiger partial charge on any atom is -0.378 e. The Hall–Kier alpha value is -1.40. The number of amides is 1. The monoisotopic (exact) mass is 322 g/mol. The Labute approximate surface area is 137 Å². The lowest BCUT2D eigenvalue weighted by atomic mass is 9.99. The SMILES string of the molecule is Cc1cc(C(=O)N2CC[C@@H]3O[C@H](COCC(C)C)CC[C@@H]32)no1. The topological polar surface area (TPSA) is 64.8 Å². The van der Waals surface area contributed by atoms with Crippen molar-refractivity contribution in [3.63, 3.8) is 0 Å². The van der Waals surface area contributed by atoms with E-state index in [0.717, 1.165) is 32.4 Å². The lowest BCUT2D eigenvalue weighted by molar-refractivity contribution is -0.0985. The molecule has 0 radical (unpaired) electrons. The van der Waals surface area contributed by atoms with Crippen molar-refractivity contribution in [2.24, 2.45) is 5.92 Å². The summed E-state index contributed by atoms with van der Waals surface area (Å²) in [7, 11) is 0. The molecule has 0 aliphatic carbocycles. The van der Waals surface area contributed by atoms with Gasteiger partial charge in [0.2, 0.25) is 0 Å². The first-order valence-corrected chi connectivity index (χ1v) is 8.52. The molecule has 2 saturated heterocycles. The van der Waals surface area contributed by atoms with E-state index in [1.807, 2.05) is 4.90 Å². The second kappa shape index (κ2) is 7.01. The van der Waals surface area contributed by atoms with Gasteiger partial charge < -0.3 is 18.9 Å². The first-order chi connectivity index (χ1) is 11.0. The molecule has 2 aliphatic heterocycles. The zero-order valence-electron chi connectivity index (χ0n) is 14.2. The van der Waals surface area contributed by atoms with E-state index in [0.29, 0.717) is 24.0 Å². The highest BCUT2D eigenvalue weighted by Gasteiger charge is 2.42. The summed E-state index contributed by atoms with van der Waals surface area (Å²) in [6.45, 7) is 8.22. The van der Waals surface area contributed by atoms with Crippen molar-refractivity contribution in [1.29, 1.82) is 0 Å². The van der Waals surface area contributed by atoms with Gasteiger partial charge >= 0.3 is 0 Å². The smallest absolute Gasteiger partial charge is 0.276 e. The van der Waals surface area contributed by atoms with Crippen LogP contribution in [0.1, 0.15) is 49.4 Å². The Balaban J connectivity index is 1.54. The standard InChI is InChI=1S/C17H26N2O4/c1-11(2)9-21-10-13-4-5-15-16(22-13)6-7-19(15)17(20)14-8-12(3)23-18-14/h8,11,13,15-16H,4-7,9-10H2,1-3H3/t13-,15-,16-/m0/s1. The van der Waals surface area contributed by atoms with E-state index in [2.05, 4.69) is 19.0 Å². The van der Waals surface area contributed by atoms with E-state index < -0.39 is 0 Å². The molecule has 23 heavy (non-hydrogen) atoms. The minimum absolute atomic E-state index is 0.0487. The molecule has 0 unspecified atom stereocenters. The van der Waals surface area contributed by atoms with Gasteiger partial charge in [-0.25, -0.2) is 0 Å². The van der Waals surface area contributed by atoms with Crippen LogP contribution < -0.4 is 0 Å². The summed E-state index contributed by atoms with van der Waals surface area (Å²) in [5.41, 5.74) is 0.394. The predicted octanol–water partition coefficient (Wildman–Crippen LogP) is 2.42. The van der Waals surface area contributed by atoms with Crippen LogP contribution in [0.3, 0.4) is 0 Å². The number of nitrogens with zero attached hydrogens (tertiary/aromatic N) is 2. The van der Waals surface area contributed by atoms with E-state index in [9.17, 15) is 4.79 Å². The maximum absolute atomic E-state index is 12.6. The number of hydrogen-bond donors (Lipinski definition) is 0. The van der Waals surface area contributed by atoms with Crippen molar-refractivity contribution in [2.45, 2.75) is 58.3 Å². The van der Waals surface area contributed by atoms with Crippen LogP contribution >= 0.6 is 0 Å². The Kier molecular flexibility index (Phi) is 5.02. The molecule has 3 heterocycles. The maximum Gasteiger partial charge on any atom is 0.276 e. The van der Waals surface area contributed by atoms with E-state index in [1.54, 1.807) is 13.0 Å². The molecule has 3 atom stereocenters. The summed E-state index contributed by atoms with van der Waals surface area (Å²) in [4.78, 5) is 14.5. The van der Waals surface area contributed by atoms with Crippen LogP contribution in [0.5, 0.6) is 0 Å². The molecular weight excluding hydrogens is 296 g/mol. The number of likely N-dealkylation sites (tertiary alicyclic amines) is 1. The largest absolute Gasteiger partial charge is 0.378 e. The summed E-state index contributed by atoms with van der Waals surface area (Å²) >= 11 is 0. The fraction of sp³-hybridized carbons (Fsp3) is 0.765. The maximum atomic E-state index is 12.6. The van der Waals surface area contributed by atoms with Crippen molar-refractivity contribution in [1.82, 2.24) is 10.1 Å². The quantitative estimate of drug-likeness (QED) is 0.833. The van der Waals surface area contributed by atoms with Crippen molar-refractivity contribution in [3.05, 3.63) is 17.5 Å².